The molecule has 0 unspecified atom stereocenters. The maximum absolute atomic E-state index is 5.41. The first-order valence-electron chi connectivity index (χ1n) is 8.37. The normalized spacial score (nSPS) is 11.0. The van der Waals surface area contributed by atoms with Crippen LogP contribution in [0.4, 0.5) is 17.8 Å². The first kappa shape index (κ1) is 19.2. The summed E-state index contributed by atoms with van der Waals surface area (Å²) in [5.74, 6) is 2.70. The predicted octanol–water partition coefficient (Wildman–Crippen LogP) is 2.59. The van der Waals surface area contributed by atoms with Crippen LogP contribution in [-0.4, -0.2) is 48.0 Å². The Kier molecular flexibility index (Phi) is 6.95. The van der Waals surface area contributed by atoms with Gasteiger partial charge >= 0.3 is 0 Å². The lowest BCUT2D eigenvalue weighted by atomic mass is 10.1. The molecule has 0 bridgehead atoms. The average Bonchev–Trinajstić information content (AvgIpc) is 2.66. The second-order valence-electron chi connectivity index (χ2n) is 5.24. The molecule has 2 rings (SSSR count). The Hall–Kier alpha value is -3.10. The van der Waals surface area contributed by atoms with Crippen molar-refractivity contribution in [2.75, 3.05) is 43.4 Å². The van der Waals surface area contributed by atoms with E-state index in [1.807, 2.05) is 39.0 Å². The number of hydrazone groups is 1. The third kappa shape index (κ3) is 4.95. The molecule has 1 aromatic carbocycles. The van der Waals surface area contributed by atoms with Gasteiger partial charge in [-0.2, -0.15) is 20.1 Å². The molecule has 0 radical (unpaired) electrons. The molecule has 9 heteroatoms. The van der Waals surface area contributed by atoms with E-state index in [0.717, 1.165) is 17.0 Å². The van der Waals surface area contributed by atoms with Gasteiger partial charge in [0.15, 0.2) is 0 Å². The SMILES string of the molecule is CCNc1nc(NCC)nc(N/N=C(\C)c2ccc(OC)cc2OC)n1. The third-order valence-corrected chi connectivity index (χ3v) is 3.43. The van der Waals surface area contributed by atoms with E-state index in [4.69, 9.17) is 9.47 Å². The van der Waals surface area contributed by atoms with Gasteiger partial charge < -0.3 is 20.1 Å². The van der Waals surface area contributed by atoms with Gasteiger partial charge in [-0.05, 0) is 32.9 Å². The minimum atomic E-state index is 0.346. The molecule has 0 saturated heterocycles. The van der Waals surface area contributed by atoms with E-state index in [-0.39, 0.29) is 0 Å². The maximum atomic E-state index is 5.41. The summed E-state index contributed by atoms with van der Waals surface area (Å²) in [5, 5.41) is 10.5. The van der Waals surface area contributed by atoms with Crippen LogP contribution in [0.25, 0.3) is 0 Å². The molecule has 0 saturated carbocycles. The van der Waals surface area contributed by atoms with Gasteiger partial charge in [-0.15, -0.1) is 0 Å². The van der Waals surface area contributed by atoms with Gasteiger partial charge in [0.05, 0.1) is 19.9 Å². The molecule has 1 aromatic heterocycles. The quantitative estimate of drug-likeness (QED) is 0.463. The van der Waals surface area contributed by atoms with E-state index < -0.39 is 0 Å². The zero-order chi connectivity index (χ0) is 18.9. The fourth-order valence-electron chi connectivity index (χ4n) is 2.19. The third-order valence-electron chi connectivity index (χ3n) is 3.43. The number of hydrogen-bond acceptors (Lipinski definition) is 9. The molecule has 3 N–H and O–H groups in total. The average molecular weight is 359 g/mol. The van der Waals surface area contributed by atoms with Gasteiger partial charge in [0.25, 0.3) is 0 Å². The summed E-state index contributed by atoms with van der Waals surface area (Å²) in [6, 6.07) is 5.55. The van der Waals surface area contributed by atoms with Crippen LogP contribution in [-0.2, 0) is 0 Å². The van der Waals surface area contributed by atoms with Crippen molar-refractivity contribution in [1.29, 1.82) is 0 Å². The number of nitrogens with one attached hydrogen (secondary N) is 3. The van der Waals surface area contributed by atoms with Crippen LogP contribution in [0.2, 0.25) is 0 Å². The fourth-order valence-corrected chi connectivity index (χ4v) is 2.19. The highest BCUT2D eigenvalue weighted by atomic mass is 16.5. The Morgan fingerprint density at radius 1 is 0.962 bits per heavy atom. The van der Waals surface area contributed by atoms with Crippen LogP contribution in [0.15, 0.2) is 23.3 Å². The molecular formula is C17H25N7O2. The Bertz CT molecular complexity index is 741. The van der Waals surface area contributed by atoms with Crippen LogP contribution in [0.3, 0.4) is 0 Å². The lowest BCUT2D eigenvalue weighted by Gasteiger charge is -2.11. The number of nitrogens with zero attached hydrogens (tertiary/aromatic N) is 4. The van der Waals surface area contributed by atoms with Crippen molar-refractivity contribution in [2.45, 2.75) is 20.8 Å². The van der Waals surface area contributed by atoms with Gasteiger partial charge in [0.2, 0.25) is 17.8 Å². The molecule has 0 amide bonds. The minimum Gasteiger partial charge on any atom is -0.497 e. The number of aromatic nitrogens is 3. The molecule has 140 valence electrons. The number of ether oxygens (including phenoxy) is 2. The van der Waals surface area contributed by atoms with Crippen LogP contribution in [0, 0.1) is 0 Å². The largest absolute Gasteiger partial charge is 0.497 e. The first-order valence-corrected chi connectivity index (χ1v) is 8.37. The number of rotatable bonds is 9. The number of methoxy groups -OCH3 is 2. The molecular weight excluding hydrogens is 334 g/mol. The van der Waals surface area contributed by atoms with Gasteiger partial charge in [0.1, 0.15) is 11.5 Å². The van der Waals surface area contributed by atoms with Crippen molar-refractivity contribution < 1.29 is 9.47 Å². The van der Waals surface area contributed by atoms with Gasteiger partial charge in [-0.1, -0.05) is 0 Å². The summed E-state index contributed by atoms with van der Waals surface area (Å²) in [6.07, 6.45) is 0. The second-order valence-corrected chi connectivity index (χ2v) is 5.24. The molecule has 9 nitrogen and oxygen atoms in total. The smallest absolute Gasteiger partial charge is 0.250 e. The van der Waals surface area contributed by atoms with E-state index in [0.29, 0.717) is 36.7 Å². The van der Waals surface area contributed by atoms with E-state index in [2.05, 4.69) is 36.1 Å². The number of benzene rings is 1. The van der Waals surface area contributed by atoms with Crippen molar-refractivity contribution in [3.05, 3.63) is 23.8 Å². The summed E-state index contributed by atoms with van der Waals surface area (Å²) < 4.78 is 10.6. The van der Waals surface area contributed by atoms with Gasteiger partial charge in [-0.25, -0.2) is 5.43 Å². The summed E-state index contributed by atoms with van der Waals surface area (Å²) in [4.78, 5) is 12.9. The molecule has 0 aliphatic carbocycles. The van der Waals surface area contributed by atoms with Crippen molar-refractivity contribution in [3.8, 4) is 11.5 Å². The van der Waals surface area contributed by atoms with Crippen molar-refractivity contribution in [2.24, 2.45) is 5.10 Å². The van der Waals surface area contributed by atoms with Crippen molar-refractivity contribution in [3.63, 3.8) is 0 Å². The highest BCUT2D eigenvalue weighted by molar-refractivity contribution is 6.01. The monoisotopic (exact) mass is 359 g/mol. The Balaban J connectivity index is 2.25. The molecule has 2 aromatic rings. The van der Waals surface area contributed by atoms with Gasteiger partial charge in [0, 0.05) is 24.7 Å². The van der Waals surface area contributed by atoms with E-state index >= 15 is 0 Å². The van der Waals surface area contributed by atoms with Crippen LogP contribution >= 0.6 is 0 Å². The zero-order valence-corrected chi connectivity index (χ0v) is 15.8. The summed E-state index contributed by atoms with van der Waals surface area (Å²) in [7, 11) is 3.22. The predicted molar refractivity (Wildman–Crippen MR) is 104 cm³/mol. The molecule has 0 aliphatic heterocycles. The number of anilines is 3. The van der Waals surface area contributed by atoms with Crippen LogP contribution < -0.4 is 25.5 Å². The van der Waals surface area contributed by atoms with Crippen LogP contribution in [0.5, 0.6) is 11.5 Å². The van der Waals surface area contributed by atoms with Crippen LogP contribution in [0.1, 0.15) is 26.3 Å². The lowest BCUT2D eigenvalue weighted by Crippen LogP contribution is -2.11. The molecule has 26 heavy (non-hydrogen) atoms. The van der Waals surface area contributed by atoms with Gasteiger partial charge in [-0.3, -0.25) is 0 Å². The maximum Gasteiger partial charge on any atom is 0.250 e. The topological polar surface area (TPSA) is 106 Å². The highest BCUT2D eigenvalue weighted by Gasteiger charge is 2.09. The summed E-state index contributed by atoms with van der Waals surface area (Å²) in [5.41, 5.74) is 4.44. The fraction of sp³-hybridized carbons (Fsp3) is 0.412. The Labute approximate surface area is 153 Å². The molecule has 0 atom stereocenters. The number of hydrogen-bond donors (Lipinski definition) is 3. The summed E-state index contributed by atoms with van der Waals surface area (Å²) >= 11 is 0. The van der Waals surface area contributed by atoms with E-state index in [9.17, 15) is 0 Å². The molecule has 0 fully saturated rings. The minimum absolute atomic E-state index is 0.346. The molecule has 0 spiro atoms. The van der Waals surface area contributed by atoms with E-state index in [1.54, 1.807) is 14.2 Å². The first-order chi connectivity index (χ1) is 12.6. The highest BCUT2D eigenvalue weighted by Crippen LogP contribution is 2.25. The second kappa shape index (κ2) is 9.40. The van der Waals surface area contributed by atoms with Crippen molar-refractivity contribution >= 4 is 23.6 Å². The Morgan fingerprint density at radius 3 is 2.12 bits per heavy atom. The van der Waals surface area contributed by atoms with E-state index in [1.165, 1.54) is 0 Å². The summed E-state index contributed by atoms with van der Waals surface area (Å²) in [6.45, 7) is 7.24. The lowest BCUT2D eigenvalue weighted by molar-refractivity contribution is 0.394. The Morgan fingerprint density at radius 2 is 1.58 bits per heavy atom. The standard InChI is InChI=1S/C17H25N7O2/c1-6-18-15-20-16(19-7-2)22-17(21-15)24-23-11(3)13-9-8-12(25-4)10-14(13)26-5/h8-10H,6-7H2,1-5H3,(H3,18,19,20,21,22,24)/b23-11+. The zero-order valence-electron chi connectivity index (χ0n) is 15.8. The molecule has 1 heterocycles. The van der Waals surface area contributed by atoms with Crippen molar-refractivity contribution in [1.82, 2.24) is 15.0 Å². The molecule has 0 aliphatic rings.